The van der Waals surface area contributed by atoms with E-state index in [0.717, 1.165) is 19.6 Å². The van der Waals surface area contributed by atoms with E-state index in [1.165, 1.54) is 0 Å². The van der Waals surface area contributed by atoms with E-state index in [-0.39, 0.29) is 16.9 Å². The standard InChI is InChI=1S/C12H24O2/c1-11(2,3)12(4,5)10(13)9-6-7-14-8-9/h9-10,13H,6-8H2,1-5H3. The minimum atomic E-state index is -0.259. The van der Waals surface area contributed by atoms with Gasteiger partial charge in [-0.15, -0.1) is 0 Å². The van der Waals surface area contributed by atoms with E-state index < -0.39 is 0 Å². The fraction of sp³-hybridized carbons (Fsp3) is 1.00. The van der Waals surface area contributed by atoms with Crippen LogP contribution in [0, 0.1) is 16.7 Å². The number of hydrogen-bond acceptors (Lipinski definition) is 2. The average molecular weight is 200 g/mol. The van der Waals surface area contributed by atoms with Gasteiger partial charge >= 0.3 is 0 Å². The molecular formula is C12H24O2. The zero-order valence-electron chi connectivity index (χ0n) is 10.1. The maximum absolute atomic E-state index is 10.3. The van der Waals surface area contributed by atoms with Crippen LogP contribution >= 0.6 is 0 Å². The lowest BCUT2D eigenvalue weighted by Crippen LogP contribution is -2.45. The summed E-state index contributed by atoms with van der Waals surface area (Å²) >= 11 is 0. The Morgan fingerprint density at radius 2 is 1.79 bits per heavy atom. The maximum atomic E-state index is 10.3. The summed E-state index contributed by atoms with van der Waals surface area (Å²) in [6, 6.07) is 0. The molecule has 2 atom stereocenters. The predicted molar refractivity (Wildman–Crippen MR) is 58.2 cm³/mol. The highest BCUT2D eigenvalue weighted by Gasteiger charge is 2.43. The summed E-state index contributed by atoms with van der Waals surface area (Å²) in [5.41, 5.74) is 0.0559. The van der Waals surface area contributed by atoms with Crippen LogP contribution in [0.5, 0.6) is 0 Å². The molecule has 1 N–H and O–H groups in total. The highest BCUT2D eigenvalue weighted by atomic mass is 16.5. The molecule has 0 bridgehead atoms. The lowest BCUT2D eigenvalue weighted by Gasteiger charge is -2.44. The van der Waals surface area contributed by atoms with E-state index in [9.17, 15) is 5.11 Å². The normalized spacial score (nSPS) is 26.6. The van der Waals surface area contributed by atoms with Crippen molar-refractivity contribution >= 4 is 0 Å². The van der Waals surface area contributed by atoms with E-state index in [1.54, 1.807) is 0 Å². The van der Waals surface area contributed by atoms with Crippen molar-refractivity contribution in [3.05, 3.63) is 0 Å². The van der Waals surface area contributed by atoms with Crippen LogP contribution in [0.1, 0.15) is 41.0 Å². The van der Waals surface area contributed by atoms with Crippen LogP contribution in [-0.4, -0.2) is 24.4 Å². The molecule has 0 aliphatic carbocycles. The molecule has 2 heteroatoms. The van der Waals surface area contributed by atoms with Crippen LogP contribution < -0.4 is 0 Å². The summed E-state index contributed by atoms with van der Waals surface area (Å²) in [5, 5.41) is 10.3. The van der Waals surface area contributed by atoms with E-state index in [4.69, 9.17) is 4.74 Å². The third kappa shape index (κ3) is 2.12. The smallest absolute Gasteiger partial charge is 0.0647 e. The highest BCUT2D eigenvalue weighted by molar-refractivity contribution is 4.92. The number of aliphatic hydroxyl groups is 1. The average Bonchev–Trinajstić information content (AvgIpc) is 2.52. The van der Waals surface area contributed by atoms with Crippen LogP contribution in [0.2, 0.25) is 0 Å². The van der Waals surface area contributed by atoms with Gasteiger partial charge < -0.3 is 9.84 Å². The summed E-state index contributed by atoms with van der Waals surface area (Å²) in [5.74, 6) is 0.323. The van der Waals surface area contributed by atoms with Crippen molar-refractivity contribution in [1.29, 1.82) is 0 Å². The number of ether oxygens (including phenoxy) is 1. The van der Waals surface area contributed by atoms with Gasteiger partial charge in [0.25, 0.3) is 0 Å². The molecule has 1 aliphatic heterocycles. The summed E-state index contributed by atoms with van der Waals surface area (Å²) < 4.78 is 5.33. The van der Waals surface area contributed by atoms with Gasteiger partial charge in [0.15, 0.2) is 0 Å². The van der Waals surface area contributed by atoms with E-state index in [1.807, 2.05) is 0 Å². The van der Waals surface area contributed by atoms with Crippen molar-refractivity contribution < 1.29 is 9.84 Å². The summed E-state index contributed by atoms with van der Waals surface area (Å²) in [6.45, 7) is 12.4. The molecule has 1 fully saturated rings. The first-order chi connectivity index (χ1) is 6.27. The van der Waals surface area contributed by atoms with Gasteiger partial charge in [-0.3, -0.25) is 0 Å². The van der Waals surface area contributed by atoms with Gasteiger partial charge in [-0.25, -0.2) is 0 Å². The van der Waals surface area contributed by atoms with Crippen molar-refractivity contribution in [3.8, 4) is 0 Å². The largest absolute Gasteiger partial charge is 0.392 e. The minimum Gasteiger partial charge on any atom is -0.392 e. The SMILES string of the molecule is CC(C)(C)C(C)(C)C(O)C1CCOC1. The fourth-order valence-electron chi connectivity index (χ4n) is 1.83. The highest BCUT2D eigenvalue weighted by Crippen LogP contribution is 2.44. The van der Waals surface area contributed by atoms with Gasteiger partial charge in [-0.05, 0) is 17.3 Å². The predicted octanol–water partition coefficient (Wildman–Crippen LogP) is 2.46. The first-order valence-electron chi connectivity index (χ1n) is 5.52. The summed E-state index contributed by atoms with van der Waals surface area (Å²) in [7, 11) is 0. The number of aliphatic hydroxyl groups excluding tert-OH is 1. The van der Waals surface area contributed by atoms with Crippen molar-refractivity contribution in [2.75, 3.05) is 13.2 Å². The summed E-state index contributed by atoms with van der Waals surface area (Å²) in [6.07, 6.45) is 0.741. The van der Waals surface area contributed by atoms with Gasteiger partial charge in [0.2, 0.25) is 0 Å². The molecular weight excluding hydrogens is 176 g/mol. The molecule has 1 aliphatic rings. The molecule has 2 nitrogen and oxygen atoms in total. The Morgan fingerprint density at radius 1 is 1.21 bits per heavy atom. The molecule has 1 saturated heterocycles. The monoisotopic (exact) mass is 200 g/mol. The van der Waals surface area contributed by atoms with E-state index in [2.05, 4.69) is 34.6 Å². The maximum Gasteiger partial charge on any atom is 0.0647 e. The Labute approximate surface area is 87.7 Å². The molecule has 0 spiro atoms. The van der Waals surface area contributed by atoms with Crippen molar-refractivity contribution in [1.82, 2.24) is 0 Å². The third-order valence-corrected chi connectivity index (χ3v) is 4.08. The molecule has 0 amide bonds. The first-order valence-corrected chi connectivity index (χ1v) is 5.52. The van der Waals surface area contributed by atoms with Gasteiger partial charge in [-0.2, -0.15) is 0 Å². The van der Waals surface area contributed by atoms with Crippen molar-refractivity contribution in [3.63, 3.8) is 0 Å². The van der Waals surface area contributed by atoms with Crippen LogP contribution in [-0.2, 0) is 4.74 Å². The van der Waals surface area contributed by atoms with Gasteiger partial charge in [-0.1, -0.05) is 34.6 Å². The molecule has 0 saturated carbocycles. The molecule has 1 rings (SSSR count). The van der Waals surface area contributed by atoms with Crippen molar-refractivity contribution in [2.24, 2.45) is 16.7 Å². The number of rotatable bonds is 2. The van der Waals surface area contributed by atoms with E-state index >= 15 is 0 Å². The second-order valence-electron chi connectivity index (χ2n) is 6.04. The Hall–Kier alpha value is -0.0800. The second-order valence-corrected chi connectivity index (χ2v) is 6.04. The topological polar surface area (TPSA) is 29.5 Å². The Bertz CT molecular complexity index is 185. The Morgan fingerprint density at radius 3 is 2.14 bits per heavy atom. The van der Waals surface area contributed by atoms with Crippen LogP contribution in [0.15, 0.2) is 0 Å². The lowest BCUT2D eigenvalue weighted by atomic mass is 9.63. The van der Waals surface area contributed by atoms with Gasteiger partial charge in [0, 0.05) is 12.5 Å². The number of hydrogen-bond donors (Lipinski definition) is 1. The Kier molecular flexibility index (Phi) is 3.27. The van der Waals surface area contributed by atoms with Gasteiger partial charge in [0.1, 0.15) is 0 Å². The minimum absolute atomic E-state index is 0.0641. The fourth-order valence-corrected chi connectivity index (χ4v) is 1.83. The van der Waals surface area contributed by atoms with Crippen LogP contribution in [0.25, 0.3) is 0 Å². The molecule has 14 heavy (non-hydrogen) atoms. The first kappa shape index (κ1) is 12.0. The van der Waals surface area contributed by atoms with E-state index in [0.29, 0.717) is 5.92 Å². The molecule has 1 heterocycles. The molecule has 0 aromatic rings. The lowest BCUT2D eigenvalue weighted by molar-refractivity contribution is -0.0620. The zero-order chi connectivity index (χ0) is 11.0. The molecule has 84 valence electrons. The molecule has 0 aromatic carbocycles. The quantitative estimate of drug-likeness (QED) is 0.742. The third-order valence-electron chi connectivity index (χ3n) is 4.08. The zero-order valence-corrected chi connectivity index (χ0v) is 10.1. The van der Waals surface area contributed by atoms with Crippen LogP contribution in [0.3, 0.4) is 0 Å². The summed E-state index contributed by atoms with van der Waals surface area (Å²) in [4.78, 5) is 0. The molecule has 0 aromatic heterocycles. The van der Waals surface area contributed by atoms with Crippen molar-refractivity contribution in [2.45, 2.75) is 47.1 Å². The van der Waals surface area contributed by atoms with Gasteiger partial charge in [0.05, 0.1) is 12.7 Å². The Balaban J connectivity index is 2.70. The van der Waals surface area contributed by atoms with Crippen LogP contribution in [0.4, 0.5) is 0 Å². The molecule has 0 radical (unpaired) electrons. The molecule has 2 unspecified atom stereocenters. The second kappa shape index (κ2) is 3.82.